The first kappa shape index (κ1) is 11.6. The average Bonchev–Trinajstić information content (AvgIpc) is 2.47. The van der Waals surface area contributed by atoms with Crippen molar-refractivity contribution >= 4 is 5.57 Å². The largest absolute Gasteiger partial charge is 0.496 e. The van der Waals surface area contributed by atoms with E-state index in [0.717, 1.165) is 18.6 Å². The molecule has 2 aliphatic carbocycles. The van der Waals surface area contributed by atoms with Crippen LogP contribution >= 0.6 is 0 Å². The van der Waals surface area contributed by atoms with E-state index in [1.807, 2.05) is 0 Å². The van der Waals surface area contributed by atoms with Gasteiger partial charge in [-0.1, -0.05) is 30.4 Å². The predicted octanol–water partition coefficient (Wildman–Crippen LogP) is 4.38. The maximum absolute atomic E-state index is 5.50. The molecular formula is C17H20O. The van der Waals surface area contributed by atoms with Crippen LogP contribution < -0.4 is 4.74 Å². The molecule has 0 bridgehead atoms. The van der Waals surface area contributed by atoms with E-state index in [1.54, 1.807) is 7.11 Å². The Labute approximate surface area is 109 Å². The van der Waals surface area contributed by atoms with Crippen molar-refractivity contribution < 1.29 is 4.74 Å². The van der Waals surface area contributed by atoms with Gasteiger partial charge < -0.3 is 4.74 Å². The number of benzene rings is 1. The molecule has 0 radical (unpaired) electrons. The van der Waals surface area contributed by atoms with Crippen LogP contribution in [0.1, 0.15) is 36.8 Å². The van der Waals surface area contributed by atoms with E-state index in [-0.39, 0.29) is 0 Å². The van der Waals surface area contributed by atoms with Gasteiger partial charge in [0.05, 0.1) is 7.11 Å². The quantitative estimate of drug-likeness (QED) is 0.697. The lowest BCUT2D eigenvalue weighted by molar-refractivity contribution is 0.409. The lowest BCUT2D eigenvalue weighted by atomic mass is 9.79. The summed E-state index contributed by atoms with van der Waals surface area (Å²) in [6.07, 6.45) is 13.3. The van der Waals surface area contributed by atoms with Crippen LogP contribution in [-0.2, 0) is 6.42 Å². The van der Waals surface area contributed by atoms with Crippen molar-refractivity contribution in [2.75, 3.05) is 7.11 Å². The fraction of sp³-hybridized carbons (Fsp3) is 0.412. The van der Waals surface area contributed by atoms with E-state index < -0.39 is 0 Å². The molecule has 0 saturated heterocycles. The van der Waals surface area contributed by atoms with Crippen LogP contribution in [-0.4, -0.2) is 7.11 Å². The van der Waals surface area contributed by atoms with Crippen molar-refractivity contribution in [3.05, 3.63) is 47.6 Å². The topological polar surface area (TPSA) is 9.23 Å². The highest BCUT2D eigenvalue weighted by atomic mass is 16.5. The molecule has 1 aromatic rings. The van der Waals surface area contributed by atoms with Crippen molar-refractivity contribution in [1.82, 2.24) is 0 Å². The molecule has 1 nitrogen and oxygen atoms in total. The minimum atomic E-state index is 0.616. The number of fused-ring (bicyclic) bond motifs is 1. The van der Waals surface area contributed by atoms with Crippen molar-refractivity contribution in [1.29, 1.82) is 0 Å². The SMILES string of the molecule is COc1cccc2c1CCC=C2C1C=CCCC1. The molecule has 18 heavy (non-hydrogen) atoms. The van der Waals surface area contributed by atoms with Gasteiger partial charge in [-0.3, -0.25) is 0 Å². The molecule has 1 aromatic carbocycles. The Morgan fingerprint density at radius 3 is 2.94 bits per heavy atom. The molecule has 3 rings (SSSR count). The summed E-state index contributed by atoms with van der Waals surface area (Å²) in [5, 5.41) is 0. The zero-order chi connectivity index (χ0) is 12.4. The zero-order valence-electron chi connectivity index (χ0n) is 11.0. The number of allylic oxidation sites excluding steroid dienone is 4. The summed E-state index contributed by atoms with van der Waals surface area (Å²) in [6.45, 7) is 0. The van der Waals surface area contributed by atoms with E-state index in [1.165, 1.54) is 36.0 Å². The fourth-order valence-electron chi connectivity index (χ4n) is 3.19. The van der Waals surface area contributed by atoms with Crippen molar-refractivity contribution in [2.45, 2.75) is 32.1 Å². The van der Waals surface area contributed by atoms with Gasteiger partial charge in [0.2, 0.25) is 0 Å². The highest BCUT2D eigenvalue weighted by molar-refractivity contribution is 5.74. The van der Waals surface area contributed by atoms with Crippen LogP contribution in [0.4, 0.5) is 0 Å². The molecule has 0 aromatic heterocycles. The van der Waals surface area contributed by atoms with Crippen molar-refractivity contribution in [2.24, 2.45) is 5.92 Å². The molecular weight excluding hydrogens is 220 g/mol. The summed E-state index contributed by atoms with van der Waals surface area (Å²) in [7, 11) is 1.77. The van der Waals surface area contributed by atoms with E-state index in [2.05, 4.69) is 36.4 Å². The van der Waals surface area contributed by atoms with Crippen LogP contribution in [0.15, 0.2) is 36.4 Å². The average molecular weight is 240 g/mol. The first-order valence-corrected chi connectivity index (χ1v) is 6.93. The third-order valence-electron chi connectivity index (χ3n) is 4.08. The van der Waals surface area contributed by atoms with Gasteiger partial charge in [0.1, 0.15) is 5.75 Å². The summed E-state index contributed by atoms with van der Waals surface area (Å²) < 4.78 is 5.50. The van der Waals surface area contributed by atoms with Crippen molar-refractivity contribution in [3.8, 4) is 5.75 Å². The predicted molar refractivity (Wildman–Crippen MR) is 75.8 cm³/mol. The highest BCUT2D eigenvalue weighted by Crippen LogP contribution is 2.39. The smallest absolute Gasteiger partial charge is 0.122 e. The summed E-state index contributed by atoms with van der Waals surface area (Å²) >= 11 is 0. The van der Waals surface area contributed by atoms with Gasteiger partial charge in [-0.15, -0.1) is 0 Å². The molecule has 0 amide bonds. The standard InChI is InChI=1S/C17H20O/c1-18-17-12-6-10-15-14(9-5-11-16(15)17)13-7-3-2-4-8-13/h3,6-7,9-10,12-13H,2,4-5,8,11H2,1H3. The lowest BCUT2D eigenvalue weighted by Crippen LogP contribution is -2.10. The lowest BCUT2D eigenvalue weighted by Gasteiger charge is -2.26. The molecule has 0 N–H and O–H groups in total. The normalized spacial score (nSPS) is 22.3. The number of ether oxygens (including phenoxy) is 1. The second-order valence-electron chi connectivity index (χ2n) is 5.15. The van der Waals surface area contributed by atoms with Crippen LogP contribution in [0.5, 0.6) is 5.75 Å². The van der Waals surface area contributed by atoms with E-state index >= 15 is 0 Å². The Bertz CT molecular complexity index is 496. The minimum Gasteiger partial charge on any atom is -0.496 e. The van der Waals surface area contributed by atoms with Gasteiger partial charge >= 0.3 is 0 Å². The molecule has 94 valence electrons. The van der Waals surface area contributed by atoms with E-state index in [9.17, 15) is 0 Å². The molecule has 0 spiro atoms. The Hall–Kier alpha value is -1.50. The third-order valence-corrected chi connectivity index (χ3v) is 4.08. The third kappa shape index (κ3) is 1.98. The molecule has 0 fully saturated rings. The van der Waals surface area contributed by atoms with Gasteiger partial charge in [-0.2, -0.15) is 0 Å². The van der Waals surface area contributed by atoms with Crippen LogP contribution in [0.3, 0.4) is 0 Å². The minimum absolute atomic E-state index is 0.616. The Morgan fingerprint density at radius 2 is 2.17 bits per heavy atom. The number of hydrogen-bond donors (Lipinski definition) is 0. The monoisotopic (exact) mass is 240 g/mol. The maximum Gasteiger partial charge on any atom is 0.122 e. The summed E-state index contributed by atoms with van der Waals surface area (Å²) in [5.41, 5.74) is 4.33. The first-order chi connectivity index (χ1) is 8.90. The molecule has 0 heterocycles. The van der Waals surface area contributed by atoms with Gasteiger partial charge in [0.25, 0.3) is 0 Å². The molecule has 0 aliphatic heterocycles. The van der Waals surface area contributed by atoms with Crippen LogP contribution in [0, 0.1) is 5.92 Å². The highest BCUT2D eigenvalue weighted by Gasteiger charge is 2.22. The second kappa shape index (κ2) is 5.01. The Kier molecular flexibility index (Phi) is 3.22. The summed E-state index contributed by atoms with van der Waals surface area (Å²) in [6, 6.07) is 6.45. The summed E-state index contributed by atoms with van der Waals surface area (Å²) in [4.78, 5) is 0. The van der Waals surface area contributed by atoms with E-state index in [0.29, 0.717) is 5.92 Å². The van der Waals surface area contributed by atoms with Crippen LogP contribution in [0.25, 0.3) is 5.57 Å². The number of hydrogen-bond acceptors (Lipinski definition) is 1. The van der Waals surface area contributed by atoms with Crippen molar-refractivity contribution in [3.63, 3.8) is 0 Å². The summed E-state index contributed by atoms with van der Waals surface area (Å²) in [5.74, 6) is 1.67. The van der Waals surface area contributed by atoms with Gasteiger partial charge in [0, 0.05) is 11.5 Å². The number of rotatable bonds is 2. The first-order valence-electron chi connectivity index (χ1n) is 6.93. The fourth-order valence-corrected chi connectivity index (χ4v) is 3.19. The Balaban J connectivity index is 2.01. The van der Waals surface area contributed by atoms with Gasteiger partial charge in [0.15, 0.2) is 0 Å². The molecule has 0 saturated carbocycles. The molecule has 2 aliphatic rings. The Morgan fingerprint density at radius 1 is 1.22 bits per heavy atom. The molecule has 1 unspecified atom stereocenters. The molecule has 1 atom stereocenters. The molecule has 1 heteroatoms. The number of methoxy groups -OCH3 is 1. The van der Waals surface area contributed by atoms with Gasteiger partial charge in [-0.05, 0) is 49.3 Å². The van der Waals surface area contributed by atoms with Crippen LogP contribution in [0.2, 0.25) is 0 Å². The van der Waals surface area contributed by atoms with Gasteiger partial charge in [-0.25, -0.2) is 0 Å². The second-order valence-corrected chi connectivity index (χ2v) is 5.15. The zero-order valence-corrected chi connectivity index (χ0v) is 11.0. The maximum atomic E-state index is 5.50. The van der Waals surface area contributed by atoms with E-state index in [4.69, 9.17) is 4.74 Å².